The number of aryl methyl sites for hydroxylation is 1. The maximum atomic E-state index is 15.7. The number of benzene rings is 1. The van der Waals surface area contributed by atoms with E-state index in [0.29, 0.717) is 5.69 Å². The smallest absolute Gasteiger partial charge is 0.336 e. The van der Waals surface area contributed by atoms with Crippen molar-refractivity contribution in [3.8, 4) is 5.75 Å². The molecule has 3 aliphatic carbocycles. The third-order valence-corrected chi connectivity index (χ3v) is 13.1. The molecule has 0 atom stereocenters. The van der Waals surface area contributed by atoms with E-state index in [1.165, 1.54) is 25.3 Å². The molecule has 1 heterocycles. The summed E-state index contributed by atoms with van der Waals surface area (Å²) in [6.07, 6.45) is 16.7. The van der Waals surface area contributed by atoms with Crippen LogP contribution in [0.1, 0.15) is 102 Å². The molecule has 0 spiro atoms. The van der Waals surface area contributed by atoms with Gasteiger partial charge in [-0.15, -0.1) is 0 Å². The van der Waals surface area contributed by atoms with Crippen molar-refractivity contribution < 1.29 is 14.1 Å². The molecule has 6 heteroatoms. The van der Waals surface area contributed by atoms with Gasteiger partial charge in [-0.05, 0) is 63.1 Å². The summed E-state index contributed by atoms with van der Waals surface area (Å²) in [6.45, 7) is 1.87. The van der Waals surface area contributed by atoms with Gasteiger partial charge in [0.05, 0.1) is 5.69 Å². The number of hydrogen-bond donors (Lipinski definition) is 1. The molecule has 1 aromatic heterocycles. The molecule has 0 saturated heterocycles. The van der Waals surface area contributed by atoms with Gasteiger partial charge in [-0.1, -0.05) is 57.8 Å². The molecule has 34 heavy (non-hydrogen) atoms. The van der Waals surface area contributed by atoms with Crippen LogP contribution in [0.2, 0.25) is 0 Å². The number of nitrogens with zero attached hydrogens (tertiary/aromatic N) is 1. The summed E-state index contributed by atoms with van der Waals surface area (Å²) in [6, 6.07) is 5.54. The third-order valence-electron chi connectivity index (χ3n) is 8.77. The quantitative estimate of drug-likeness (QED) is 0.344. The van der Waals surface area contributed by atoms with Crippen LogP contribution in [-0.2, 0) is 4.57 Å². The monoisotopic (exact) mass is 485 g/mol. The molecular formula is C28H40NO4P. The summed E-state index contributed by atoms with van der Waals surface area (Å²) in [5.41, 5.74) is 1.61. The summed E-state index contributed by atoms with van der Waals surface area (Å²) in [5.74, 6) is -0.00397. The number of phenols is 1. The summed E-state index contributed by atoms with van der Waals surface area (Å²) < 4.78 is 23.4. The van der Waals surface area contributed by atoms with E-state index in [1.807, 2.05) is 19.1 Å². The Bertz CT molecular complexity index is 1090. The second kappa shape index (κ2) is 10.1. The zero-order valence-corrected chi connectivity index (χ0v) is 21.5. The molecule has 3 fully saturated rings. The summed E-state index contributed by atoms with van der Waals surface area (Å²) in [7, 11) is -2.85. The second-order valence-corrected chi connectivity index (χ2v) is 14.2. The van der Waals surface area contributed by atoms with Gasteiger partial charge >= 0.3 is 5.63 Å². The van der Waals surface area contributed by atoms with Crippen LogP contribution in [0.15, 0.2) is 27.4 Å². The highest BCUT2D eigenvalue weighted by Crippen LogP contribution is 2.68. The van der Waals surface area contributed by atoms with Crippen LogP contribution in [-0.4, -0.2) is 22.5 Å². The summed E-state index contributed by atoms with van der Waals surface area (Å²) in [5, 5.41) is 12.3. The number of phenolic OH excluding ortho intramolecular Hbond substituents is 1. The predicted molar refractivity (Wildman–Crippen MR) is 140 cm³/mol. The first-order valence-electron chi connectivity index (χ1n) is 13.7. The van der Waals surface area contributed by atoms with Gasteiger partial charge in [-0.3, -0.25) is 4.57 Å². The maximum Gasteiger partial charge on any atom is 0.336 e. The molecular weight excluding hydrogens is 445 g/mol. The Morgan fingerprint density at radius 2 is 1.38 bits per heavy atom. The number of anilines is 1. The first-order chi connectivity index (χ1) is 16.5. The highest BCUT2D eigenvalue weighted by Gasteiger charge is 2.49. The van der Waals surface area contributed by atoms with Gasteiger partial charge in [0.2, 0.25) is 0 Å². The molecule has 0 unspecified atom stereocenters. The molecule has 2 aromatic rings. The molecule has 5 nitrogen and oxygen atoms in total. The molecule has 0 amide bonds. The summed E-state index contributed by atoms with van der Waals surface area (Å²) in [4.78, 5) is 12.2. The lowest BCUT2D eigenvalue weighted by Crippen LogP contribution is -2.42. The first kappa shape index (κ1) is 24.0. The predicted octanol–water partition coefficient (Wildman–Crippen LogP) is 7.89. The topological polar surface area (TPSA) is 70.8 Å². The molecule has 0 aliphatic heterocycles. The average molecular weight is 486 g/mol. The van der Waals surface area contributed by atoms with Gasteiger partial charge in [0.15, 0.2) is 18.6 Å². The van der Waals surface area contributed by atoms with E-state index in [9.17, 15) is 9.90 Å². The van der Waals surface area contributed by atoms with Crippen molar-refractivity contribution in [2.24, 2.45) is 0 Å². The van der Waals surface area contributed by atoms with E-state index in [0.717, 1.165) is 88.0 Å². The van der Waals surface area contributed by atoms with Gasteiger partial charge in [-0.25, -0.2) is 4.79 Å². The van der Waals surface area contributed by atoms with Crippen LogP contribution in [0.5, 0.6) is 5.75 Å². The standard InChI is InChI=1S/C28H40NO4P/c1-20-19-26(30)33-28-24(20)17-18-25(27(28)31)29(21-11-5-2-6-12-21)34(32,22-13-7-3-8-14-22)23-15-9-4-10-16-23/h17-19,21-23,31H,2-16H2,1H3. The van der Waals surface area contributed by atoms with Crippen LogP contribution >= 0.6 is 7.29 Å². The first-order valence-corrected chi connectivity index (χ1v) is 15.5. The Labute approximate surface area is 203 Å². The zero-order valence-electron chi connectivity index (χ0n) is 20.6. The van der Waals surface area contributed by atoms with Gasteiger partial charge in [0.25, 0.3) is 0 Å². The van der Waals surface area contributed by atoms with Crippen molar-refractivity contribution in [2.45, 2.75) is 121 Å². The van der Waals surface area contributed by atoms with E-state index < -0.39 is 12.9 Å². The minimum absolute atomic E-state index is 0.00397. The number of aromatic hydroxyl groups is 1. The van der Waals surface area contributed by atoms with Crippen LogP contribution in [0.3, 0.4) is 0 Å². The SMILES string of the molecule is Cc1cc(=O)oc2c(O)c(N(C3CCCCC3)P(=O)(C3CCCCC3)C3CCCCC3)ccc12. The van der Waals surface area contributed by atoms with E-state index >= 15 is 4.57 Å². The fourth-order valence-electron chi connectivity index (χ4n) is 7.04. The Kier molecular flexibility index (Phi) is 7.12. The molecule has 5 rings (SSSR count). The Morgan fingerprint density at radius 3 is 1.94 bits per heavy atom. The average Bonchev–Trinajstić information content (AvgIpc) is 2.87. The highest BCUT2D eigenvalue weighted by atomic mass is 31.2. The van der Waals surface area contributed by atoms with Crippen LogP contribution < -0.4 is 10.3 Å². The van der Waals surface area contributed by atoms with Crippen molar-refractivity contribution in [1.82, 2.24) is 0 Å². The van der Waals surface area contributed by atoms with Crippen molar-refractivity contribution in [3.05, 3.63) is 34.2 Å². The summed E-state index contributed by atoms with van der Waals surface area (Å²) >= 11 is 0. The van der Waals surface area contributed by atoms with Crippen molar-refractivity contribution in [2.75, 3.05) is 4.67 Å². The van der Waals surface area contributed by atoms with Crippen LogP contribution in [0, 0.1) is 6.92 Å². The molecule has 0 radical (unpaired) electrons. The zero-order chi connectivity index (χ0) is 23.7. The Hall–Kier alpha value is -1.74. The van der Waals surface area contributed by atoms with Gasteiger partial charge in [0.1, 0.15) is 0 Å². The lowest BCUT2D eigenvalue weighted by Gasteiger charge is -2.49. The van der Waals surface area contributed by atoms with E-state index in [-0.39, 0.29) is 28.7 Å². The minimum atomic E-state index is -2.85. The normalized spacial score (nSPS) is 21.7. The van der Waals surface area contributed by atoms with E-state index in [2.05, 4.69) is 4.67 Å². The molecule has 186 valence electrons. The Balaban J connectivity index is 1.70. The fraction of sp³-hybridized carbons (Fsp3) is 0.679. The largest absolute Gasteiger partial charge is 0.503 e. The number of fused-ring (bicyclic) bond motifs is 1. The Morgan fingerprint density at radius 1 is 0.853 bits per heavy atom. The maximum absolute atomic E-state index is 15.7. The van der Waals surface area contributed by atoms with E-state index in [4.69, 9.17) is 4.42 Å². The number of hydrogen-bond acceptors (Lipinski definition) is 4. The molecule has 3 aliphatic rings. The molecule has 1 aromatic carbocycles. The fourth-order valence-corrected chi connectivity index (χ4v) is 11.8. The molecule has 1 N–H and O–H groups in total. The van der Waals surface area contributed by atoms with Gasteiger partial charge < -0.3 is 14.2 Å². The van der Waals surface area contributed by atoms with Crippen molar-refractivity contribution >= 4 is 23.9 Å². The second-order valence-electron chi connectivity index (χ2n) is 11.0. The van der Waals surface area contributed by atoms with Crippen molar-refractivity contribution in [1.29, 1.82) is 0 Å². The third kappa shape index (κ3) is 4.34. The van der Waals surface area contributed by atoms with E-state index in [1.54, 1.807) is 0 Å². The lowest BCUT2D eigenvalue weighted by atomic mass is 9.95. The lowest BCUT2D eigenvalue weighted by molar-refractivity contribution is 0.408. The van der Waals surface area contributed by atoms with Crippen LogP contribution in [0.25, 0.3) is 11.0 Å². The van der Waals surface area contributed by atoms with Gasteiger partial charge in [-0.2, -0.15) is 0 Å². The highest BCUT2D eigenvalue weighted by molar-refractivity contribution is 7.67. The molecule has 3 saturated carbocycles. The van der Waals surface area contributed by atoms with Crippen LogP contribution in [0.4, 0.5) is 5.69 Å². The van der Waals surface area contributed by atoms with Gasteiger partial charge in [0, 0.05) is 28.8 Å². The minimum Gasteiger partial charge on any atom is -0.503 e. The molecule has 0 bridgehead atoms. The van der Waals surface area contributed by atoms with Crippen molar-refractivity contribution in [3.63, 3.8) is 0 Å². The number of rotatable bonds is 5.